The third-order valence-electron chi connectivity index (χ3n) is 3.60. The molecule has 0 fully saturated rings. The molecule has 0 bridgehead atoms. The SMILES string of the molecule is O=C(O)N[C@H](CCOc1cnc(Cl)c(Br)c1)Cc1ccc(C(F)(F)F)cc1. The van der Waals surface area contributed by atoms with Crippen LogP contribution in [-0.4, -0.2) is 28.8 Å². The maximum atomic E-state index is 12.6. The van der Waals surface area contributed by atoms with Crippen molar-refractivity contribution in [3.05, 3.63) is 57.3 Å². The second-order valence-electron chi connectivity index (χ2n) is 5.63. The minimum absolute atomic E-state index is 0.182. The number of alkyl halides is 3. The third-order valence-corrected chi connectivity index (χ3v) is 4.73. The summed E-state index contributed by atoms with van der Waals surface area (Å²) in [5, 5.41) is 11.6. The topological polar surface area (TPSA) is 71.5 Å². The molecule has 1 heterocycles. The highest BCUT2D eigenvalue weighted by Crippen LogP contribution is 2.29. The monoisotopic (exact) mass is 466 g/mol. The number of halogens is 5. The van der Waals surface area contributed by atoms with Crippen molar-refractivity contribution < 1.29 is 27.8 Å². The van der Waals surface area contributed by atoms with E-state index in [1.165, 1.54) is 18.3 Å². The predicted octanol–water partition coefficient (Wildman–Crippen LogP) is 5.16. The van der Waals surface area contributed by atoms with Crippen molar-refractivity contribution >= 4 is 33.6 Å². The first-order valence-electron chi connectivity index (χ1n) is 7.74. The summed E-state index contributed by atoms with van der Waals surface area (Å²) in [4.78, 5) is 14.9. The van der Waals surface area contributed by atoms with Crippen LogP contribution in [0.15, 0.2) is 41.0 Å². The van der Waals surface area contributed by atoms with E-state index < -0.39 is 23.9 Å². The maximum absolute atomic E-state index is 12.6. The van der Waals surface area contributed by atoms with Crippen molar-refractivity contribution in [1.29, 1.82) is 0 Å². The lowest BCUT2D eigenvalue weighted by atomic mass is 10.0. The molecule has 0 spiro atoms. The van der Waals surface area contributed by atoms with Gasteiger partial charge in [0.15, 0.2) is 0 Å². The summed E-state index contributed by atoms with van der Waals surface area (Å²) >= 11 is 9.01. The molecule has 10 heteroatoms. The largest absolute Gasteiger partial charge is 0.492 e. The number of hydrogen-bond acceptors (Lipinski definition) is 3. The van der Waals surface area contributed by atoms with Gasteiger partial charge in [-0.3, -0.25) is 0 Å². The van der Waals surface area contributed by atoms with Gasteiger partial charge in [-0.05, 0) is 46.1 Å². The highest BCUT2D eigenvalue weighted by Gasteiger charge is 2.30. The van der Waals surface area contributed by atoms with E-state index in [1.807, 2.05) is 0 Å². The Labute approximate surface area is 166 Å². The fourth-order valence-electron chi connectivity index (χ4n) is 2.32. The van der Waals surface area contributed by atoms with Gasteiger partial charge in [0.1, 0.15) is 10.9 Å². The normalized spacial score (nSPS) is 12.5. The van der Waals surface area contributed by atoms with Gasteiger partial charge < -0.3 is 15.2 Å². The molecule has 5 nitrogen and oxygen atoms in total. The predicted molar refractivity (Wildman–Crippen MR) is 97.2 cm³/mol. The van der Waals surface area contributed by atoms with Crippen molar-refractivity contribution in [2.24, 2.45) is 0 Å². The number of rotatable bonds is 7. The second-order valence-corrected chi connectivity index (χ2v) is 6.84. The van der Waals surface area contributed by atoms with Gasteiger partial charge in [0.2, 0.25) is 0 Å². The average Bonchev–Trinajstić information content (AvgIpc) is 2.57. The van der Waals surface area contributed by atoms with Crippen LogP contribution in [0.1, 0.15) is 17.5 Å². The molecule has 2 N–H and O–H groups in total. The van der Waals surface area contributed by atoms with Crippen LogP contribution in [0.25, 0.3) is 0 Å². The van der Waals surface area contributed by atoms with Crippen LogP contribution in [-0.2, 0) is 12.6 Å². The lowest BCUT2D eigenvalue weighted by Gasteiger charge is -2.18. The van der Waals surface area contributed by atoms with Crippen molar-refractivity contribution in [1.82, 2.24) is 10.3 Å². The van der Waals surface area contributed by atoms with E-state index in [0.717, 1.165) is 12.1 Å². The zero-order chi connectivity index (χ0) is 20.0. The molecule has 1 amide bonds. The summed E-state index contributed by atoms with van der Waals surface area (Å²) in [6, 6.07) is 5.72. The molecule has 1 aromatic carbocycles. The molecule has 27 heavy (non-hydrogen) atoms. The summed E-state index contributed by atoms with van der Waals surface area (Å²) in [5.74, 6) is 0.454. The maximum Gasteiger partial charge on any atom is 0.416 e. The number of pyridine rings is 1. The molecule has 0 aliphatic carbocycles. The molecule has 0 aliphatic heterocycles. The van der Waals surface area contributed by atoms with E-state index in [1.54, 1.807) is 6.07 Å². The van der Waals surface area contributed by atoms with Gasteiger partial charge in [-0.15, -0.1) is 0 Å². The molecule has 2 rings (SSSR count). The van der Waals surface area contributed by atoms with Crippen molar-refractivity contribution in [3.8, 4) is 5.75 Å². The Kier molecular flexibility index (Phi) is 7.32. The van der Waals surface area contributed by atoms with Crippen LogP contribution in [0.4, 0.5) is 18.0 Å². The first-order chi connectivity index (χ1) is 12.6. The number of nitrogens with zero attached hydrogens (tertiary/aromatic N) is 1. The fraction of sp³-hybridized carbons (Fsp3) is 0.294. The first-order valence-corrected chi connectivity index (χ1v) is 8.91. The summed E-state index contributed by atoms with van der Waals surface area (Å²) in [7, 11) is 0. The molecular weight excluding hydrogens is 453 g/mol. The molecular formula is C17H15BrClF3N2O3. The van der Waals surface area contributed by atoms with Crippen LogP contribution < -0.4 is 10.1 Å². The van der Waals surface area contributed by atoms with E-state index in [0.29, 0.717) is 22.2 Å². The highest BCUT2D eigenvalue weighted by molar-refractivity contribution is 9.10. The number of carboxylic acid groups (broad SMARTS) is 1. The van der Waals surface area contributed by atoms with Crippen LogP contribution in [0.5, 0.6) is 5.75 Å². The zero-order valence-electron chi connectivity index (χ0n) is 13.8. The number of carbonyl (C=O) groups is 1. The minimum Gasteiger partial charge on any atom is -0.492 e. The lowest BCUT2D eigenvalue weighted by Crippen LogP contribution is -2.36. The van der Waals surface area contributed by atoms with E-state index in [4.69, 9.17) is 21.4 Å². The molecule has 0 saturated heterocycles. The second kappa shape index (κ2) is 9.27. The zero-order valence-corrected chi connectivity index (χ0v) is 16.1. The fourth-order valence-corrected chi connectivity index (χ4v) is 2.75. The van der Waals surface area contributed by atoms with E-state index in [-0.39, 0.29) is 18.2 Å². The van der Waals surface area contributed by atoms with Gasteiger partial charge in [-0.2, -0.15) is 13.2 Å². The highest BCUT2D eigenvalue weighted by atomic mass is 79.9. The standard InChI is InChI=1S/C17H15BrClF3N2O3/c18-14-8-13(9-23-15(14)19)27-6-5-12(24-16(25)26)7-10-1-3-11(4-2-10)17(20,21)22/h1-4,8-9,12,24H,5-7H2,(H,25,26)/t12-/m1/s1. The number of nitrogens with one attached hydrogen (secondary N) is 1. The third kappa shape index (κ3) is 6.91. The first kappa shape index (κ1) is 21.3. The van der Waals surface area contributed by atoms with Gasteiger partial charge >= 0.3 is 12.3 Å². The quantitative estimate of drug-likeness (QED) is 0.552. The van der Waals surface area contributed by atoms with Crippen LogP contribution in [0.2, 0.25) is 5.15 Å². The van der Waals surface area contributed by atoms with Crippen LogP contribution in [0.3, 0.4) is 0 Å². The Hall–Kier alpha value is -2.00. The van der Waals surface area contributed by atoms with E-state index >= 15 is 0 Å². The number of amides is 1. The van der Waals surface area contributed by atoms with Gasteiger partial charge in [0.05, 0.1) is 22.8 Å². The molecule has 0 radical (unpaired) electrons. The number of hydrogen-bond donors (Lipinski definition) is 2. The Morgan fingerprint density at radius 2 is 2.00 bits per heavy atom. The van der Waals surface area contributed by atoms with Gasteiger partial charge in [-0.1, -0.05) is 23.7 Å². The summed E-state index contributed by atoms with van der Waals surface area (Å²) < 4.78 is 43.9. The Bertz CT molecular complexity index is 788. The molecule has 0 aliphatic rings. The van der Waals surface area contributed by atoms with Crippen LogP contribution in [0, 0.1) is 0 Å². The Morgan fingerprint density at radius 1 is 1.33 bits per heavy atom. The van der Waals surface area contributed by atoms with E-state index in [9.17, 15) is 18.0 Å². The lowest BCUT2D eigenvalue weighted by molar-refractivity contribution is -0.137. The van der Waals surface area contributed by atoms with Crippen LogP contribution >= 0.6 is 27.5 Å². The molecule has 1 atom stereocenters. The van der Waals surface area contributed by atoms with Gasteiger partial charge in [0.25, 0.3) is 0 Å². The number of ether oxygens (including phenoxy) is 1. The average molecular weight is 468 g/mol. The number of benzene rings is 1. The van der Waals surface area contributed by atoms with Gasteiger partial charge in [-0.25, -0.2) is 9.78 Å². The van der Waals surface area contributed by atoms with Crippen molar-refractivity contribution in [2.75, 3.05) is 6.61 Å². The Morgan fingerprint density at radius 3 is 2.56 bits per heavy atom. The Balaban J connectivity index is 1.96. The molecule has 0 unspecified atom stereocenters. The molecule has 0 saturated carbocycles. The molecule has 146 valence electrons. The van der Waals surface area contributed by atoms with Gasteiger partial charge in [0, 0.05) is 12.5 Å². The van der Waals surface area contributed by atoms with E-state index in [2.05, 4.69) is 26.2 Å². The minimum atomic E-state index is -4.41. The molecule has 1 aromatic heterocycles. The molecule has 2 aromatic rings. The summed E-state index contributed by atoms with van der Waals surface area (Å²) in [6.07, 6.45) is -3.65. The summed E-state index contributed by atoms with van der Waals surface area (Å²) in [6.45, 7) is 0.182. The smallest absolute Gasteiger partial charge is 0.416 e. The summed E-state index contributed by atoms with van der Waals surface area (Å²) in [5.41, 5.74) is -0.171. The van der Waals surface area contributed by atoms with Crippen molar-refractivity contribution in [2.45, 2.75) is 25.1 Å². The van der Waals surface area contributed by atoms with Crippen molar-refractivity contribution in [3.63, 3.8) is 0 Å². The number of aromatic nitrogens is 1.